The normalized spacial score (nSPS) is 13.2. The van der Waals surface area contributed by atoms with E-state index in [-0.39, 0.29) is 31.0 Å². The van der Waals surface area contributed by atoms with Crippen LogP contribution in [0.3, 0.4) is 0 Å². The number of carbonyl (C=O) groups is 7. The molecule has 1 aliphatic rings. The van der Waals surface area contributed by atoms with E-state index in [9.17, 15) is 38.7 Å². The molecule has 0 saturated carbocycles. The minimum absolute atomic E-state index is 0.0267. The number of fused-ring (bicyclic) bond motifs is 1. The number of benzene rings is 2. The molecule has 1 aliphatic heterocycles. The SMILES string of the molecule is CC(=O)N[C@@H](CO)C(=O)N[C@@H](Cc1ccc(NC(=O)C(=O)O)cc1)C(=O)NCCC(=O)Nc1nc(-c2ccc3c(c2)CCC(=O)N3)cs1. The van der Waals surface area contributed by atoms with Crippen LogP contribution < -0.4 is 31.9 Å². The summed E-state index contributed by atoms with van der Waals surface area (Å²) in [6.07, 6.45) is 0.842. The van der Waals surface area contributed by atoms with Gasteiger partial charge in [0.05, 0.1) is 12.3 Å². The quantitative estimate of drug-likeness (QED) is 0.116. The van der Waals surface area contributed by atoms with Gasteiger partial charge >= 0.3 is 11.9 Å². The first kappa shape index (κ1) is 35.2. The van der Waals surface area contributed by atoms with Gasteiger partial charge < -0.3 is 42.1 Å². The van der Waals surface area contributed by atoms with Gasteiger partial charge in [0.25, 0.3) is 0 Å². The van der Waals surface area contributed by atoms with E-state index in [1.54, 1.807) is 5.38 Å². The summed E-state index contributed by atoms with van der Waals surface area (Å²) in [5.74, 6) is -5.38. The Hall–Kier alpha value is -5.68. The second-order valence-electron chi connectivity index (χ2n) is 10.7. The molecule has 17 heteroatoms. The number of hydrogen-bond acceptors (Lipinski definition) is 10. The monoisotopic (exact) mass is 679 g/mol. The van der Waals surface area contributed by atoms with Gasteiger partial charge in [-0.1, -0.05) is 18.2 Å². The van der Waals surface area contributed by atoms with Gasteiger partial charge in [0.15, 0.2) is 5.13 Å². The molecule has 48 heavy (non-hydrogen) atoms. The predicted octanol–water partition coefficient (Wildman–Crippen LogP) is 0.387. The Morgan fingerprint density at radius 1 is 0.958 bits per heavy atom. The molecule has 3 aromatic rings. The number of aliphatic hydroxyl groups excluding tert-OH is 1. The lowest BCUT2D eigenvalue weighted by Crippen LogP contribution is -2.55. The number of aryl methyl sites for hydroxylation is 1. The van der Waals surface area contributed by atoms with Crippen molar-refractivity contribution in [2.45, 2.75) is 44.7 Å². The van der Waals surface area contributed by atoms with Gasteiger partial charge in [-0.2, -0.15) is 0 Å². The Bertz CT molecular complexity index is 1730. The summed E-state index contributed by atoms with van der Waals surface area (Å²) in [7, 11) is 0. The molecule has 2 atom stereocenters. The zero-order valence-corrected chi connectivity index (χ0v) is 26.4. The molecule has 1 aromatic heterocycles. The molecule has 4 rings (SSSR count). The second-order valence-corrected chi connectivity index (χ2v) is 11.6. The van der Waals surface area contributed by atoms with Gasteiger partial charge in [0.2, 0.25) is 29.5 Å². The van der Waals surface area contributed by atoms with Crippen molar-refractivity contribution in [3.8, 4) is 11.3 Å². The maximum atomic E-state index is 13.2. The molecule has 252 valence electrons. The highest BCUT2D eigenvalue weighted by Gasteiger charge is 2.26. The van der Waals surface area contributed by atoms with Crippen molar-refractivity contribution in [3.05, 3.63) is 59.0 Å². The molecule has 0 radical (unpaired) electrons. The van der Waals surface area contributed by atoms with E-state index in [1.165, 1.54) is 35.6 Å². The summed E-state index contributed by atoms with van der Waals surface area (Å²) in [4.78, 5) is 88.3. The van der Waals surface area contributed by atoms with E-state index in [2.05, 4.69) is 36.9 Å². The zero-order chi connectivity index (χ0) is 34.8. The van der Waals surface area contributed by atoms with Crippen LogP contribution in [0, 0.1) is 0 Å². The van der Waals surface area contributed by atoms with Crippen LogP contribution in [-0.2, 0) is 46.4 Å². The van der Waals surface area contributed by atoms with Gasteiger partial charge in [-0.15, -0.1) is 11.3 Å². The molecule has 0 unspecified atom stereocenters. The predicted molar refractivity (Wildman–Crippen MR) is 174 cm³/mol. The lowest BCUT2D eigenvalue weighted by atomic mass is 9.99. The number of anilines is 3. The molecule has 16 nitrogen and oxygen atoms in total. The first-order valence-corrected chi connectivity index (χ1v) is 15.6. The van der Waals surface area contributed by atoms with Crippen molar-refractivity contribution in [2.24, 2.45) is 0 Å². The Morgan fingerprint density at radius 3 is 2.40 bits per heavy atom. The molecule has 0 spiro atoms. The minimum atomic E-state index is -1.66. The number of hydrogen-bond donors (Lipinski definition) is 8. The lowest BCUT2D eigenvalue weighted by Gasteiger charge is -2.22. The maximum absolute atomic E-state index is 13.2. The van der Waals surface area contributed by atoms with E-state index in [4.69, 9.17) is 5.11 Å². The van der Waals surface area contributed by atoms with E-state index in [1.807, 2.05) is 18.2 Å². The zero-order valence-electron chi connectivity index (χ0n) is 25.6. The summed E-state index contributed by atoms with van der Waals surface area (Å²) in [6.45, 7) is 0.348. The number of amides is 6. The van der Waals surface area contributed by atoms with E-state index >= 15 is 0 Å². The molecular weight excluding hydrogens is 646 g/mol. The molecule has 8 N–H and O–H groups in total. The molecule has 0 bridgehead atoms. The van der Waals surface area contributed by atoms with E-state index in [0.29, 0.717) is 29.2 Å². The third-order valence-corrected chi connectivity index (χ3v) is 7.81. The Kier molecular flexibility index (Phi) is 11.9. The van der Waals surface area contributed by atoms with Crippen molar-refractivity contribution in [2.75, 3.05) is 29.1 Å². The number of nitrogens with zero attached hydrogens (tertiary/aromatic N) is 1. The number of thiazole rings is 1. The number of nitrogens with one attached hydrogen (secondary N) is 6. The van der Waals surface area contributed by atoms with Crippen molar-refractivity contribution in [1.29, 1.82) is 0 Å². The Morgan fingerprint density at radius 2 is 1.71 bits per heavy atom. The topological polar surface area (TPSA) is 245 Å². The van der Waals surface area contributed by atoms with Gasteiger partial charge in [0.1, 0.15) is 12.1 Å². The van der Waals surface area contributed by atoms with Crippen LogP contribution in [-0.4, -0.2) is 81.8 Å². The smallest absolute Gasteiger partial charge is 0.394 e. The van der Waals surface area contributed by atoms with Crippen molar-refractivity contribution >= 4 is 69.3 Å². The van der Waals surface area contributed by atoms with Gasteiger partial charge in [-0.25, -0.2) is 9.78 Å². The number of carbonyl (C=O) groups excluding carboxylic acids is 6. The van der Waals surface area contributed by atoms with Crippen molar-refractivity contribution in [3.63, 3.8) is 0 Å². The fourth-order valence-electron chi connectivity index (χ4n) is 4.68. The van der Waals surface area contributed by atoms with Crippen LogP contribution in [0.4, 0.5) is 16.5 Å². The highest BCUT2D eigenvalue weighted by atomic mass is 32.1. The number of carboxylic acids is 1. The van der Waals surface area contributed by atoms with Crippen LogP contribution in [0.25, 0.3) is 11.3 Å². The van der Waals surface area contributed by atoms with E-state index < -0.39 is 54.2 Å². The average molecular weight is 680 g/mol. The summed E-state index contributed by atoms with van der Waals surface area (Å²) in [5, 5.41) is 35.6. The third-order valence-electron chi connectivity index (χ3n) is 7.05. The summed E-state index contributed by atoms with van der Waals surface area (Å²) >= 11 is 1.23. The fourth-order valence-corrected chi connectivity index (χ4v) is 5.41. The molecule has 0 fully saturated rings. The Balaban J connectivity index is 1.34. The maximum Gasteiger partial charge on any atom is 0.394 e. The van der Waals surface area contributed by atoms with Gasteiger partial charge in [0, 0.05) is 55.0 Å². The highest BCUT2D eigenvalue weighted by Crippen LogP contribution is 2.30. The van der Waals surface area contributed by atoms with Crippen molar-refractivity contribution in [1.82, 2.24) is 20.9 Å². The molecular formula is C31H33N7O9S. The van der Waals surface area contributed by atoms with Crippen LogP contribution in [0.5, 0.6) is 0 Å². The van der Waals surface area contributed by atoms with Crippen LogP contribution >= 0.6 is 11.3 Å². The summed E-state index contributed by atoms with van der Waals surface area (Å²) in [6, 6.07) is 8.94. The summed E-state index contributed by atoms with van der Waals surface area (Å²) < 4.78 is 0. The first-order chi connectivity index (χ1) is 22.9. The molecule has 6 amide bonds. The van der Waals surface area contributed by atoms with E-state index in [0.717, 1.165) is 23.7 Å². The number of aliphatic hydroxyl groups is 1. The van der Waals surface area contributed by atoms with Gasteiger partial charge in [-0.05, 0) is 41.8 Å². The first-order valence-electron chi connectivity index (χ1n) is 14.7. The van der Waals surface area contributed by atoms with Gasteiger partial charge in [-0.3, -0.25) is 28.8 Å². The van der Waals surface area contributed by atoms with Crippen LogP contribution in [0.1, 0.15) is 30.9 Å². The minimum Gasteiger partial charge on any atom is -0.474 e. The summed E-state index contributed by atoms with van der Waals surface area (Å²) in [5.41, 5.74) is 3.97. The number of aliphatic carboxylic acids is 1. The number of carboxylic acid groups (broad SMARTS) is 1. The molecule has 0 aliphatic carbocycles. The molecule has 0 saturated heterocycles. The van der Waals surface area contributed by atoms with Crippen molar-refractivity contribution < 1.29 is 43.8 Å². The fraction of sp³-hybridized carbons (Fsp3) is 0.290. The largest absolute Gasteiger partial charge is 0.474 e. The number of rotatable bonds is 13. The highest BCUT2D eigenvalue weighted by molar-refractivity contribution is 7.14. The third kappa shape index (κ3) is 9.91. The lowest BCUT2D eigenvalue weighted by molar-refractivity contribution is -0.147. The average Bonchev–Trinajstić information content (AvgIpc) is 3.51. The molecule has 2 aromatic carbocycles. The standard InChI is InChI=1S/C31H33N7O9S/c1-16(40)33-23(14-39)28(44)36-22(12-17-2-6-20(7-3-17)34-29(45)30(46)47)27(43)32-11-10-26(42)38-31-37-24(15-48-31)19-4-8-21-18(13-19)5-9-25(41)35-21/h2-4,6-8,13,15,22-23,39H,5,9-12,14H2,1H3,(H,32,43)(H,33,40)(H,34,45)(H,35,41)(H,36,44)(H,46,47)(H,37,38,42)/t22-,23-/m0/s1. The Labute approximate surface area is 277 Å². The van der Waals surface area contributed by atoms with Crippen LogP contribution in [0.2, 0.25) is 0 Å². The molecule has 2 heterocycles. The van der Waals surface area contributed by atoms with Crippen LogP contribution in [0.15, 0.2) is 47.8 Å². The number of aromatic nitrogens is 1. The second kappa shape index (κ2) is 16.2.